The molecule has 1 heterocycles. The molecule has 5 nitrogen and oxygen atoms in total. The Morgan fingerprint density at radius 1 is 1.33 bits per heavy atom. The molecule has 92 valence electrons. The van der Waals surface area contributed by atoms with Crippen molar-refractivity contribution >= 4 is 23.2 Å². The number of aromatic nitrogens is 3. The number of benzene rings is 1. The molecule has 7 heteroatoms. The number of hydrogen-bond donors (Lipinski definition) is 0. The van der Waals surface area contributed by atoms with Gasteiger partial charge in [0.2, 0.25) is 0 Å². The molecule has 0 aliphatic rings. The predicted molar refractivity (Wildman–Crippen MR) is 66.7 cm³/mol. The molecular weight excluding hydrogens is 275 g/mol. The first-order valence-electron chi connectivity index (χ1n) is 5.07. The summed E-state index contributed by atoms with van der Waals surface area (Å²) in [6, 6.07) is 6.99. The highest BCUT2D eigenvalue weighted by Gasteiger charge is 2.06. The zero-order chi connectivity index (χ0) is 13.0. The van der Waals surface area contributed by atoms with Crippen molar-refractivity contribution < 1.29 is 4.74 Å². The lowest BCUT2D eigenvalue weighted by Gasteiger charge is -2.09. The molecule has 0 bridgehead atoms. The largest absolute Gasteiger partial charge is 0.489 e. The summed E-state index contributed by atoms with van der Waals surface area (Å²) in [7, 11) is 0. The minimum Gasteiger partial charge on any atom is -0.489 e. The zero-order valence-corrected chi connectivity index (χ0v) is 10.7. The summed E-state index contributed by atoms with van der Waals surface area (Å²) in [6.07, 6.45) is 1.47. The van der Waals surface area contributed by atoms with Gasteiger partial charge in [-0.25, -0.2) is 9.67 Å². The molecule has 0 spiro atoms. The van der Waals surface area contributed by atoms with Crippen LogP contribution in [0.4, 0.5) is 0 Å². The maximum Gasteiger partial charge on any atom is 0.252 e. The van der Waals surface area contributed by atoms with Gasteiger partial charge in [-0.1, -0.05) is 29.3 Å². The van der Waals surface area contributed by atoms with Crippen LogP contribution in [0, 0.1) is 11.3 Å². The van der Waals surface area contributed by atoms with E-state index in [0.717, 1.165) is 0 Å². The molecule has 0 unspecified atom stereocenters. The molecule has 0 radical (unpaired) electrons. The van der Waals surface area contributed by atoms with Crippen LogP contribution in [-0.4, -0.2) is 21.4 Å². The van der Waals surface area contributed by atoms with Gasteiger partial charge < -0.3 is 4.74 Å². The van der Waals surface area contributed by atoms with Crippen molar-refractivity contribution in [3.8, 4) is 11.8 Å². The zero-order valence-electron chi connectivity index (χ0n) is 9.18. The number of nitrogens with zero attached hydrogens (tertiary/aromatic N) is 4. The summed E-state index contributed by atoms with van der Waals surface area (Å²) in [5.74, 6) is 0.576. The van der Waals surface area contributed by atoms with E-state index in [4.69, 9.17) is 33.2 Å². The van der Waals surface area contributed by atoms with Crippen LogP contribution in [0.15, 0.2) is 24.5 Å². The van der Waals surface area contributed by atoms with Gasteiger partial charge in [0.1, 0.15) is 19.0 Å². The highest BCUT2D eigenvalue weighted by molar-refractivity contribution is 6.37. The topological polar surface area (TPSA) is 63.7 Å². The minimum atomic E-state index is 0.130. The predicted octanol–water partition coefficient (Wildman–Crippen LogP) is 2.54. The van der Waals surface area contributed by atoms with Crippen molar-refractivity contribution in [2.45, 2.75) is 6.54 Å². The van der Waals surface area contributed by atoms with Crippen LogP contribution in [0.5, 0.6) is 5.75 Å². The first kappa shape index (κ1) is 12.7. The van der Waals surface area contributed by atoms with E-state index in [1.165, 1.54) is 11.0 Å². The number of para-hydroxylation sites is 1. The van der Waals surface area contributed by atoms with Crippen LogP contribution in [0.2, 0.25) is 10.0 Å². The molecule has 0 N–H and O–H groups in total. The third-order valence-electron chi connectivity index (χ3n) is 2.12. The number of halogens is 2. The molecule has 0 saturated carbocycles. The Morgan fingerprint density at radius 2 is 2.06 bits per heavy atom. The molecule has 0 saturated heterocycles. The first-order chi connectivity index (χ1) is 8.70. The van der Waals surface area contributed by atoms with E-state index in [2.05, 4.69) is 10.1 Å². The van der Waals surface area contributed by atoms with Crippen molar-refractivity contribution in [2.24, 2.45) is 0 Å². The molecule has 2 aromatic rings. The maximum absolute atomic E-state index is 8.57. The third kappa shape index (κ3) is 2.92. The van der Waals surface area contributed by atoms with Crippen molar-refractivity contribution in [3.05, 3.63) is 40.4 Å². The van der Waals surface area contributed by atoms with Crippen LogP contribution in [-0.2, 0) is 6.54 Å². The summed E-state index contributed by atoms with van der Waals surface area (Å²) in [4.78, 5) is 3.78. The van der Waals surface area contributed by atoms with E-state index in [0.29, 0.717) is 28.9 Å². The number of hydrogen-bond acceptors (Lipinski definition) is 4. The Bertz CT molecular complexity index is 571. The van der Waals surface area contributed by atoms with E-state index in [1.807, 2.05) is 6.07 Å². The monoisotopic (exact) mass is 282 g/mol. The van der Waals surface area contributed by atoms with Gasteiger partial charge in [-0.2, -0.15) is 5.26 Å². The average Bonchev–Trinajstić information content (AvgIpc) is 2.81. The minimum absolute atomic E-state index is 0.130. The molecule has 0 fully saturated rings. The van der Waals surface area contributed by atoms with Crippen LogP contribution >= 0.6 is 23.2 Å². The Kier molecular flexibility index (Phi) is 4.03. The number of rotatable bonds is 4. The summed E-state index contributed by atoms with van der Waals surface area (Å²) in [5, 5.41) is 13.4. The lowest BCUT2D eigenvalue weighted by atomic mass is 10.3. The Hall–Kier alpha value is -1.77. The van der Waals surface area contributed by atoms with Gasteiger partial charge in [-0.3, -0.25) is 0 Å². The second-order valence-electron chi connectivity index (χ2n) is 3.34. The van der Waals surface area contributed by atoms with Gasteiger partial charge in [0.25, 0.3) is 5.82 Å². The van der Waals surface area contributed by atoms with Gasteiger partial charge in [-0.15, -0.1) is 5.10 Å². The van der Waals surface area contributed by atoms with Crippen molar-refractivity contribution in [3.63, 3.8) is 0 Å². The van der Waals surface area contributed by atoms with Crippen molar-refractivity contribution in [1.29, 1.82) is 5.26 Å². The smallest absolute Gasteiger partial charge is 0.252 e. The fourth-order valence-electron chi connectivity index (χ4n) is 1.32. The number of nitriles is 1. The van der Waals surface area contributed by atoms with Crippen LogP contribution in [0.1, 0.15) is 5.82 Å². The van der Waals surface area contributed by atoms with Gasteiger partial charge in [0, 0.05) is 0 Å². The quantitative estimate of drug-likeness (QED) is 0.865. The molecule has 1 aromatic carbocycles. The van der Waals surface area contributed by atoms with Crippen LogP contribution in [0.3, 0.4) is 0 Å². The second kappa shape index (κ2) is 5.71. The second-order valence-corrected chi connectivity index (χ2v) is 4.16. The first-order valence-corrected chi connectivity index (χ1v) is 5.82. The van der Waals surface area contributed by atoms with E-state index in [9.17, 15) is 0 Å². The molecule has 2 rings (SSSR count). The summed E-state index contributed by atoms with van der Waals surface area (Å²) in [5.41, 5.74) is 0. The molecule has 1 aromatic heterocycles. The van der Waals surface area contributed by atoms with Gasteiger partial charge in [0.05, 0.1) is 16.6 Å². The molecule has 0 amide bonds. The van der Waals surface area contributed by atoms with E-state index in [-0.39, 0.29) is 5.82 Å². The van der Waals surface area contributed by atoms with Gasteiger partial charge >= 0.3 is 0 Å². The number of ether oxygens (including phenoxy) is 1. The van der Waals surface area contributed by atoms with Gasteiger partial charge in [-0.05, 0) is 12.1 Å². The normalized spacial score (nSPS) is 10.1. The standard InChI is InChI=1S/C11H8Cl2N4O/c12-8-2-1-3-9(13)11(8)18-5-4-17-7-15-10(6-14)16-17/h1-3,7H,4-5H2. The third-order valence-corrected chi connectivity index (χ3v) is 2.72. The van der Waals surface area contributed by atoms with Gasteiger partial charge in [0.15, 0.2) is 5.75 Å². The Balaban J connectivity index is 1.94. The molecular formula is C11H8Cl2N4O. The summed E-state index contributed by atoms with van der Waals surface area (Å²) >= 11 is 11.9. The van der Waals surface area contributed by atoms with Crippen LogP contribution in [0.25, 0.3) is 0 Å². The highest BCUT2D eigenvalue weighted by Crippen LogP contribution is 2.32. The highest BCUT2D eigenvalue weighted by atomic mass is 35.5. The molecule has 0 atom stereocenters. The molecule has 0 aliphatic carbocycles. The lowest BCUT2D eigenvalue weighted by molar-refractivity contribution is 0.291. The molecule has 0 aliphatic heterocycles. The summed E-state index contributed by atoms with van der Waals surface area (Å²) in [6.45, 7) is 0.786. The Morgan fingerprint density at radius 3 is 2.67 bits per heavy atom. The lowest BCUT2D eigenvalue weighted by Crippen LogP contribution is -2.09. The van der Waals surface area contributed by atoms with E-state index in [1.54, 1.807) is 18.2 Å². The SMILES string of the molecule is N#Cc1ncn(CCOc2c(Cl)cccc2Cl)n1. The average molecular weight is 283 g/mol. The Labute approximate surface area is 114 Å². The van der Waals surface area contributed by atoms with Crippen molar-refractivity contribution in [1.82, 2.24) is 14.8 Å². The van der Waals surface area contributed by atoms with E-state index < -0.39 is 0 Å². The fourth-order valence-corrected chi connectivity index (χ4v) is 1.82. The molecule has 18 heavy (non-hydrogen) atoms. The summed E-state index contributed by atoms with van der Waals surface area (Å²) < 4.78 is 7.00. The van der Waals surface area contributed by atoms with E-state index >= 15 is 0 Å². The van der Waals surface area contributed by atoms with Crippen LogP contribution < -0.4 is 4.74 Å². The van der Waals surface area contributed by atoms with Crippen molar-refractivity contribution in [2.75, 3.05) is 6.61 Å². The fraction of sp³-hybridized carbons (Fsp3) is 0.182. The maximum atomic E-state index is 8.57.